The maximum atomic E-state index is 14.4. The molecule has 9 heterocycles. The molecule has 5 N–H and O–H groups in total. The van der Waals surface area contributed by atoms with Crippen molar-refractivity contribution in [3.8, 4) is 33.3 Å². The van der Waals surface area contributed by atoms with Gasteiger partial charge in [-0.3, -0.25) is 9.59 Å². The third-order valence-electron chi connectivity index (χ3n) is 18.5. The number of anilines is 4. The Morgan fingerprint density at radius 3 is 2.27 bits per heavy atom. The molecule has 2 aromatic carbocycles. The van der Waals surface area contributed by atoms with Crippen molar-refractivity contribution in [1.82, 2.24) is 40.4 Å². The van der Waals surface area contributed by atoms with Crippen molar-refractivity contribution in [1.29, 1.82) is 0 Å². The number of aliphatic hydroxyl groups excluding tert-OH is 1. The van der Waals surface area contributed by atoms with Gasteiger partial charge in [0.25, 0.3) is 0 Å². The maximum absolute atomic E-state index is 14.4. The molecule has 1 saturated carbocycles. The zero-order chi connectivity index (χ0) is 56.8. The Hall–Kier alpha value is -6.87. The minimum atomic E-state index is -0.805. The van der Waals surface area contributed by atoms with Crippen LogP contribution in [0.3, 0.4) is 0 Å². The Morgan fingerprint density at radius 2 is 1.56 bits per heavy atom. The number of rotatable bonds is 17. The first kappa shape index (κ1) is 55.7. The van der Waals surface area contributed by atoms with Crippen molar-refractivity contribution in [3.05, 3.63) is 102 Å². The number of hydrogen-bond acceptors (Lipinski definition) is 18. The number of benzene rings is 2. The summed E-state index contributed by atoms with van der Waals surface area (Å²) in [5.74, 6) is 1.67. The van der Waals surface area contributed by atoms with Gasteiger partial charge in [0.15, 0.2) is 17.4 Å². The summed E-state index contributed by atoms with van der Waals surface area (Å²) in [4.78, 5) is 49.7. The number of nitrogens with two attached hydrogens (primary N) is 1. The SMILES string of the molecule is Cc1ncsc1-c1ccc([C@H](C)NC(=O)[C@@H]2C[C@@H](O)CN2C(=O)[C@H](c2cc(N3CCC(C(C)N4CCC(OC5CC(Oc6cc(N7C8CC[C@@H]7CN(c7cc(-c9ccccc9O)nnc7N)C8)ccn6)C5)CC4)CC3)no2)C(C)C)cc1. The first-order valence-corrected chi connectivity index (χ1v) is 30.6. The van der Waals surface area contributed by atoms with Gasteiger partial charge in [0.2, 0.25) is 17.7 Å². The number of aromatic nitrogens is 5. The fraction of sp³-hybridized carbons (Fsp3) is 0.532. The zero-order valence-corrected chi connectivity index (χ0v) is 48.5. The van der Waals surface area contributed by atoms with Crippen LogP contribution >= 0.6 is 11.3 Å². The second kappa shape index (κ2) is 23.8. The number of nitrogen functional groups attached to an aromatic ring is 1. The number of nitrogens with zero attached hydrogens (tertiary/aromatic N) is 10. The molecule has 20 heteroatoms. The van der Waals surface area contributed by atoms with Crippen molar-refractivity contribution >= 4 is 46.2 Å². The van der Waals surface area contributed by atoms with Crippen LogP contribution in [0.15, 0.2) is 89.0 Å². The first-order valence-electron chi connectivity index (χ1n) is 29.7. The van der Waals surface area contributed by atoms with E-state index in [2.05, 4.69) is 69.3 Å². The lowest BCUT2D eigenvalue weighted by Gasteiger charge is -2.44. The Balaban J connectivity index is 0.572. The van der Waals surface area contributed by atoms with E-state index in [9.17, 15) is 19.8 Å². The van der Waals surface area contributed by atoms with Crippen molar-refractivity contribution in [2.45, 2.75) is 153 Å². The average Bonchev–Trinajstić information content (AvgIpc) is 4.45. The van der Waals surface area contributed by atoms with Crippen LogP contribution in [0.25, 0.3) is 21.7 Å². The highest BCUT2D eigenvalue weighted by atomic mass is 32.1. The first-order chi connectivity index (χ1) is 39.7. The van der Waals surface area contributed by atoms with E-state index in [-0.39, 0.29) is 60.8 Å². The van der Waals surface area contributed by atoms with Crippen molar-refractivity contribution in [3.63, 3.8) is 0 Å². The molecule has 0 radical (unpaired) electrons. The summed E-state index contributed by atoms with van der Waals surface area (Å²) < 4.78 is 19.1. The molecule has 2 unspecified atom stereocenters. The highest BCUT2D eigenvalue weighted by molar-refractivity contribution is 7.13. The molecule has 2 bridgehead atoms. The zero-order valence-electron chi connectivity index (χ0n) is 47.7. The number of para-hydroxylation sites is 1. The lowest BCUT2D eigenvalue weighted by molar-refractivity contribution is -0.141. The minimum Gasteiger partial charge on any atom is -0.507 e. The summed E-state index contributed by atoms with van der Waals surface area (Å²) in [5, 5.41) is 37.5. The second-order valence-electron chi connectivity index (χ2n) is 24.2. The number of hydrogen-bond donors (Lipinski definition) is 4. The molecule has 0 spiro atoms. The predicted octanol–water partition coefficient (Wildman–Crippen LogP) is 8.38. The number of piperidine rings is 2. The molecular formula is C62H78N12O7S. The van der Waals surface area contributed by atoms with E-state index in [4.69, 9.17) is 19.7 Å². The summed E-state index contributed by atoms with van der Waals surface area (Å²) in [6.45, 7) is 15.7. The van der Waals surface area contributed by atoms with Crippen LogP contribution in [-0.2, 0) is 14.3 Å². The normalized spacial score (nSPS) is 24.6. The molecule has 4 aromatic heterocycles. The molecule has 1 aliphatic carbocycles. The highest BCUT2D eigenvalue weighted by Gasteiger charge is 2.45. The van der Waals surface area contributed by atoms with E-state index in [1.807, 2.05) is 87.9 Å². The summed E-state index contributed by atoms with van der Waals surface area (Å²) in [7, 11) is 0. The van der Waals surface area contributed by atoms with Gasteiger partial charge in [0, 0.05) is 113 Å². The summed E-state index contributed by atoms with van der Waals surface area (Å²) in [5.41, 5.74) is 14.5. The predicted molar refractivity (Wildman–Crippen MR) is 316 cm³/mol. The number of phenolic OH excluding ortho intramolecular Hbond substituents is 1. The van der Waals surface area contributed by atoms with Crippen LogP contribution in [0.1, 0.15) is 114 Å². The van der Waals surface area contributed by atoms with Gasteiger partial charge < -0.3 is 59.8 Å². The number of thiazole rings is 1. The third kappa shape index (κ3) is 11.6. The van der Waals surface area contributed by atoms with Gasteiger partial charge in [-0.15, -0.1) is 21.5 Å². The maximum Gasteiger partial charge on any atom is 0.243 e. The average molecular weight is 1140 g/mol. The number of piperazine rings is 1. The number of carbonyl (C=O) groups excluding carboxylic acids is 2. The number of ether oxygens (including phenoxy) is 2. The van der Waals surface area contributed by atoms with Gasteiger partial charge in [-0.2, -0.15) is 0 Å². The van der Waals surface area contributed by atoms with Crippen LogP contribution in [0, 0.1) is 18.8 Å². The quantitative estimate of drug-likeness (QED) is 0.0673. The Bertz CT molecular complexity index is 3180. The highest BCUT2D eigenvalue weighted by Crippen LogP contribution is 2.41. The molecule has 7 atom stereocenters. The molecule has 2 amide bonds. The Morgan fingerprint density at radius 1 is 0.817 bits per heavy atom. The third-order valence-corrected chi connectivity index (χ3v) is 19.5. The van der Waals surface area contributed by atoms with Gasteiger partial charge in [-0.1, -0.05) is 55.4 Å². The molecule has 6 aromatic rings. The number of nitrogens with one attached hydrogen (secondary N) is 1. The molecule has 12 rings (SSSR count). The van der Waals surface area contributed by atoms with Gasteiger partial charge >= 0.3 is 0 Å². The van der Waals surface area contributed by atoms with E-state index >= 15 is 0 Å². The monoisotopic (exact) mass is 1130 g/mol. The molecule has 6 aliphatic rings. The summed E-state index contributed by atoms with van der Waals surface area (Å²) in [6, 6.07) is 23.3. The lowest BCUT2D eigenvalue weighted by atomic mass is 9.88. The van der Waals surface area contributed by atoms with Gasteiger partial charge in [-0.05, 0) is 107 Å². The number of carbonyl (C=O) groups is 2. The van der Waals surface area contributed by atoms with Crippen LogP contribution in [0.5, 0.6) is 11.6 Å². The van der Waals surface area contributed by atoms with Crippen LogP contribution in [0.2, 0.25) is 0 Å². The number of amides is 2. The molecule has 5 saturated heterocycles. The second-order valence-corrected chi connectivity index (χ2v) is 25.0. The van der Waals surface area contributed by atoms with Crippen molar-refractivity contribution < 1.29 is 33.8 Å². The van der Waals surface area contributed by atoms with Crippen LogP contribution < -0.4 is 30.5 Å². The number of aromatic hydroxyl groups is 1. The number of β-amino-alcohol motifs (C(OH)–C–C–N with tert-alkyl or cyclic N) is 1. The van der Waals surface area contributed by atoms with Crippen molar-refractivity contribution in [2.24, 2.45) is 11.8 Å². The fourth-order valence-corrected chi connectivity index (χ4v) is 14.6. The minimum absolute atomic E-state index is 0.0815. The summed E-state index contributed by atoms with van der Waals surface area (Å²) in [6.07, 6.45) is 9.76. The Kier molecular flexibility index (Phi) is 16.1. The van der Waals surface area contributed by atoms with Gasteiger partial charge in [0.1, 0.15) is 23.8 Å². The topological polar surface area (TPSA) is 225 Å². The number of pyridine rings is 1. The summed E-state index contributed by atoms with van der Waals surface area (Å²) >= 11 is 1.60. The molecule has 19 nitrogen and oxygen atoms in total. The number of likely N-dealkylation sites (tertiary alicyclic amines) is 2. The molecule has 434 valence electrons. The molecular weight excluding hydrogens is 1060 g/mol. The number of fused-ring (bicyclic) bond motifs is 2. The fourth-order valence-electron chi connectivity index (χ4n) is 13.8. The van der Waals surface area contributed by atoms with E-state index in [0.29, 0.717) is 52.8 Å². The largest absolute Gasteiger partial charge is 0.507 e. The number of phenols is 1. The smallest absolute Gasteiger partial charge is 0.243 e. The van der Waals surface area contributed by atoms with E-state index < -0.39 is 18.1 Å². The number of aliphatic hydroxyl groups is 1. The van der Waals surface area contributed by atoms with Crippen LogP contribution in [-0.4, -0.2) is 152 Å². The van der Waals surface area contributed by atoms with E-state index in [0.717, 1.165) is 130 Å². The van der Waals surface area contributed by atoms with Gasteiger partial charge in [0.05, 0.1) is 51.8 Å². The van der Waals surface area contributed by atoms with Crippen molar-refractivity contribution in [2.75, 3.05) is 66.2 Å². The van der Waals surface area contributed by atoms with Gasteiger partial charge in [-0.25, -0.2) is 9.97 Å². The molecule has 82 heavy (non-hydrogen) atoms. The van der Waals surface area contributed by atoms with E-state index in [1.165, 1.54) is 0 Å². The number of aryl methyl sites for hydroxylation is 1. The Labute approximate surface area is 484 Å². The standard InChI is InChI=1S/C62H78N12O7S/c1-36(2)58(62(78)73-34-46(75)27-53(73)61(77)66-37(3)40-10-12-42(13-11-40)59-38(4)65-35-82-59)55-31-56(69-81-55)71-22-17-41(18-23-71)39(5)70-24-19-47(20-25-70)79-48-28-49(29-48)80-57-26-43(16-21-64-57)74-44-14-15-45(74)33-72(32-44)52-30-51(67-68-60(52)63)50-8-6-7-9-54(50)76/h6-13,16,21,26,30-31,35-37,39,41,44-49,53,58,75-76H,14-15,17-20,22-25,27-29,32-34H2,1-5H3,(H2,63,68)(H,66,77)/t37-,39?,44+,45?,46+,48?,49?,53-,58-/m0/s1. The lowest BCUT2D eigenvalue weighted by Crippen LogP contribution is -2.54. The molecule has 6 fully saturated rings. The van der Waals surface area contributed by atoms with E-state index in [1.54, 1.807) is 28.4 Å². The molecule has 5 aliphatic heterocycles. The van der Waals surface area contributed by atoms with Crippen LogP contribution in [0.4, 0.5) is 23.0 Å².